The summed E-state index contributed by atoms with van der Waals surface area (Å²) in [7, 11) is 0. The molecule has 0 radical (unpaired) electrons. The zero-order valence-corrected chi connectivity index (χ0v) is 12.6. The molecule has 0 spiro atoms. The van der Waals surface area contributed by atoms with Gasteiger partial charge in [-0.2, -0.15) is 5.10 Å². The van der Waals surface area contributed by atoms with E-state index in [1.54, 1.807) is 10.7 Å². The predicted octanol–water partition coefficient (Wildman–Crippen LogP) is 3.04. The number of nitrogens with one attached hydrogen (secondary N) is 1. The maximum atomic E-state index is 10.7. The fraction of sp³-hybridized carbons (Fsp3) is 0.308. The summed E-state index contributed by atoms with van der Waals surface area (Å²) in [4.78, 5) is 10.3. The van der Waals surface area contributed by atoms with Gasteiger partial charge in [-0.25, -0.2) is 4.68 Å². The Hall–Kier alpha value is -1.73. The highest BCUT2D eigenvalue weighted by atomic mass is 79.9. The average Bonchev–Trinajstić information content (AvgIpc) is 2.87. The molecule has 0 saturated carbocycles. The normalized spacial score (nSPS) is 10.7. The lowest BCUT2D eigenvalue weighted by Gasteiger charge is -2.04. The van der Waals surface area contributed by atoms with Gasteiger partial charge >= 0.3 is 0 Å². The van der Waals surface area contributed by atoms with E-state index in [2.05, 4.69) is 33.3 Å². The summed E-state index contributed by atoms with van der Waals surface area (Å²) in [6.07, 6.45) is 2.92. The van der Waals surface area contributed by atoms with Gasteiger partial charge in [0.15, 0.2) is 0 Å². The third-order valence-electron chi connectivity index (χ3n) is 2.77. The van der Waals surface area contributed by atoms with Gasteiger partial charge in [0.2, 0.25) is 0 Å². The van der Waals surface area contributed by atoms with Gasteiger partial charge in [0, 0.05) is 24.9 Å². The molecule has 0 fully saturated rings. The molecule has 0 aliphatic carbocycles. The van der Waals surface area contributed by atoms with Crippen LogP contribution in [0.4, 0.5) is 5.69 Å². The molecule has 0 atom stereocenters. The first kappa shape index (κ1) is 14.7. The summed E-state index contributed by atoms with van der Waals surface area (Å²) < 4.78 is 2.35. The molecule has 106 valence electrons. The molecule has 6 nitrogen and oxygen atoms in total. The second kappa shape index (κ2) is 6.62. The first-order valence-corrected chi connectivity index (χ1v) is 7.10. The van der Waals surface area contributed by atoms with Gasteiger partial charge in [0.05, 0.1) is 20.8 Å². The second-order valence-electron chi connectivity index (χ2n) is 4.32. The minimum absolute atomic E-state index is 0.0533. The molecule has 1 aromatic carbocycles. The molecular weight excluding hydrogens is 324 g/mol. The van der Waals surface area contributed by atoms with Gasteiger partial charge in [-0.3, -0.25) is 10.1 Å². The van der Waals surface area contributed by atoms with Gasteiger partial charge in [-0.05, 0) is 41.0 Å². The van der Waals surface area contributed by atoms with Crippen LogP contribution < -0.4 is 5.32 Å². The van der Waals surface area contributed by atoms with Crippen LogP contribution >= 0.6 is 15.9 Å². The number of rotatable bonds is 6. The zero-order valence-electron chi connectivity index (χ0n) is 11.0. The van der Waals surface area contributed by atoms with E-state index in [0.717, 1.165) is 24.3 Å². The number of nitro benzene ring substituents is 1. The van der Waals surface area contributed by atoms with E-state index in [-0.39, 0.29) is 5.69 Å². The number of nitrogens with zero attached hydrogens (tertiary/aromatic N) is 3. The molecule has 0 amide bonds. The van der Waals surface area contributed by atoms with Gasteiger partial charge < -0.3 is 5.32 Å². The van der Waals surface area contributed by atoms with Crippen LogP contribution in [0.3, 0.4) is 0 Å². The molecule has 0 bridgehead atoms. The van der Waals surface area contributed by atoms with Crippen molar-refractivity contribution < 1.29 is 4.92 Å². The second-order valence-corrected chi connectivity index (χ2v) is 5.18. The summed E-state index contributed by atoms with van der Waals surface area (Å²) in [5.74, 6) is 0. The van der Waals surface area contributed by atoms with Crippen molar-refractivity contribution in [2.24, 2.45) is 0 Å². The van der Waals surface area contributed by atoms with Crippen LogP contribution in [0.1, 0.15) is 19.0 Å². The Morgan fingerprint density at radius 3 is 2.90 bits per heavy atom. The van der Waals surface area contributed by atoms with Crippen molar-refractivity contribution in [2.45, 2.75) is 19.9 Å². The molecule has 7 heteroatoms. The van der Waals surface area contributed by atoms with Gasteiger partial charge in [0.25, 0.3) is 5.69 Å². The van der Waals surface area contributed by atoms with E-state index in [4.69, 9.17) is 0 Å². The molecule has 0 saturated heterocycles. The predicted molar refractivity (Wildman–Crippen MR) is 79.9 cm³/mol. The largest absolute Gasteiger partial charge is 0.311 e. The highest BCUT2D eigenvalue weighted by molar-refractivity contribution is 9.10. The van der Waals surface area contributed by atoms with Crippen LogP contribution in [0.2, 0.25) is 0 Å². The third kappa shape index (κ3) is 3.43. The summed E-state index contributed by atoms with van der Waals surface area (Å²) in [6, 6.07) is 6.55. The van der Waals surface area contributed by atoms with Crippen molar-refractivity contribution in [1.29, 1.82) is 0 Å². The highest BCUT2D eigenvalue weighted by Crippen LogP contribution is 2.25. The van der Waals surface area contributed by atoms with E-state index in [9.17, 15) is 10.1 Å². The Balaban J connectivity index is 2.17. The van der Waals surface area contributed by atoms with E-state index in [1.165, 1.54) is 12.1 Å². The summed E-state index contributed by atoms with van der Waals surface area (Å²) in [6.45, 7) is 3.78. The quantitative estimate of drug-likeness (QED) is 0.499. The third-order valence-corrected chi connectivity index (χ3v) is 3.40. The average molecular weight is 339 g/mol. The van der Waals surface area contributed by atoms with Crippen LogP contribution in [0.25, 0.3) is 5.69 Å². The summed E-state index contributed by atoms with van der Waals surface area (Å²) >= 11 is 3.34. The Morgan fingerprint density at radius 1 is 1.45 bits per heavy atom. The number of benzene rings is 1. The molecule has 1 N–H and O–H groups in total. The van der Waals surface area contributed by atoms with E-state index < -0.39 is 4.92 Å². The zero-order chi connectivity index (χ0) is 14.5. The topological polar surface area (TPSA) is 73.0 Å². The smallest absolute Gasteiger partial charge is 0.270 e. The molecule has 2 rings (SSSR count). The van der Waals surface area contributed by atoms with Crippen LogP contribution in [0.5, 0.6) is 0 Å². The first-order chi connectivity index (χ1) is 9.61. The van der Waals surface area contributed by atoms with Crippen LogP contribution in [0.15, 0.2) is 34.9 Å². The molecule has 1 aromatic heterocycles. The van der Waals surface area contributed by atoms with Gasteiger partial charge in [0.1, 0.15) is 0 Å². The van der Waals surface area contributed by atoms with Crippen LogP contribution in [-0.2, 0) is 6.54 Å². The Labute approximate surface area is 125 Å². The number of hydrogen-bond donors (Lipinski definition) is 1. The first-order valence-electron chi connectivity index (χ1n) is 6.31. The van der Waals surface area contributed by atoms with Crippen LogP contribution in [-0.4, -0.2) is 21.2 Å². The van der Waals surface area contributed by atoms with Crippen molar-refractivity contribution in [3.63, 3.8) is 0 Å². The lowest BCUT2D eigenvalue weighted by atomic mass is 10.3. The fourth-order valence-electron chi connectivity index (χ4n) is 1.78. The lowest BCUT2D eigenvalue weighted by molar-refractivity contribution is -0.384. The minimum atomic E-state index is -0.419. The number of nitro groups is 1. The number of aromatic nitrogens is 2. The Kier molecular flexibility index (Phi) is 4.86. The number of halogens is 1. The van der Waals surface area contributed by atoms with Crippen molar-refractivity contribution in [2.75, 3.05) is 6.54 Å². The number of hydrogen-bond acceptors (Lipinski definition) is 4. The Morgan fingerprint density at radius 2 is 2.25 bits per heavy atom. The molecule has 20 heavy (non-hydrogen) atoms. The van der Waals surface area contributed by atoms with E-state index in [0.29, 0.717) is 11.0 Å². The fourth-order valence-corrected chi connectivity index (χ4v) is 2.33. The Bertz CT molecular complexity index is 612. The monoisotopic (exact) mass is 338 g/mol. The maximum absolute atomic E-state index is 10.7. The van der Waals surface area contributed by atoms with Crippen LogP contribution in [0, 0.1) is 10.1 Å². The lowest BCUT2D eigenvalue weighted by Crippen LogP contribution is -2.14. The van der Waals surface area contributed by atoms with Crippen molar-refractivity contribution in [1.82, 2.24) is 15.1 Å². The van der Waals surface area contributed by atoms with Crippen molar-refractivity contribution in [3.05, 3.63) is 50.7 Å². The highest BCUT2D eigenvalue weighted by Gasteiger charge is 2.11. The molecule has 2 aromatic rings. The minimum Gasteiger partial charge on any atom is -0.311 e. The molecule has 1 heterocycles. The van der Waals surface area contributed by atoms with E-state index in [1.807, 2.05) is 12.3 Å². The van der Waals surface area contributed by atoms with E-state index >= 15 is 0 Å². The SMILES string of the molecule is CCCNCc1ccn(-c2ccc([N+](=O)[O-])cc2Br)n1. The molecule has 0 aliphatic rings. The maximum Gasteiger partial charge on any atom is 0.270 e. The summed E-state index contributed by atoms with van der Waals surface area (Å²) in [5.41, 5.74) is 1.76. The molecule has 0 aliphatic heterocycles. The van der Waals surface area contributed by atoms with Crippen molar-refractivity contribution in [3.8, 4) is 5.69 Å². The molecule has 0 unspecified atom stereocenters. The van der Waals surface area contributed by atoms with Crippen molar-refractivity contribution >= 4 is 21.6 Å². The standard InChI is InChI=1S/C13H15BrN4O2/c1-2-6-15-9-10-5-7-17(16-10)13-4-3-11(18(19)20)8-12(13)14/h3-5,7-8,15H,2,6,9H2,1H3. The van der Waals surface area contributed by atoms with Gasteiger partial charge in [-0.1, -0.05) is 6.92 Å². The number of non-ortho nitro benzene ring substituents is 1. The molecular formula is C13H15BrN4O2. The van der Waals surface area contributed by atoms with Gasteiger partial charge in [-0.15, -0.1) is 0 Å². The summed E-state index contributed by atoms with van der Waals surface area (Å²) in [5, 5.41) is 18.4.